The van der Waals surface area contributed by atoms with Gasteiger partial charge in [0, 0.05) is 47.3 Å². The minimum Gasteiger partial charge on any atom is -0.493 e. The monoisotopic (exact) mass is 1640 g/mol. The highest BCUT2D eigenvalue weighted by Crippen LogP contribution is 2.36. The molecule has 0 saturated carbocycles. The summed E-state index contributed by atoms with van der Waals surface area (Å²) in [4.78, 5) is 0. The second-order valence-electron chi connectivity index (χ2n) is 32.2. The molecule has 2 fully saturated rings. The number of aryl methyl sites for hydroxylation is 4. The highest BCUT2D eigenvalue weighted by molar-refractivity contribution is 5.46. The topological polar surface area (TPSA) is 133 Å². The molecule has 0 N–H and O–H groups in total. The Morgan fingerprint density at radius 1 is 0.412 bits per heavy atom. The molecule has 4 aromatic carbocycles. The van der Waals surface area contributed by atoms with Crippen LogP contribution in [0.15, 0.2) is 60.7 Å². The Morgan fingerprint density at radius 3 is 0.991 bits per heavy atom. The number of rotatable bonds is 27. The molecular formula is C100H212O14. The van der Waals surface area contributed by atoms with Gasteiger partial charge in [0.15, 0.2) is 41.9 Å². The van der Waals surface area contributed by atoms with E-state index in [1.54, 1.807) is 28.4 Å². The van der Waals surface area contributed by atoms with Crippen LogP contribution >= 0.6 is 0 Å². The minimum atomic E-state index is -0.200. The van der Waals surface area contributed by atoms with Crippen LogP contribution in [0.1, 0.15) is 375 Å². The molecule has 0 amide bonds. The summed E-state index contributed by atoms with van der Waals surface area (Å²) >= 11 is 0. The van der Waals surface area contributed by atoms with Gasteiger partial charge < -0.3 is 66.3 Å². The first-order chi connectivity index (χ1) is 44.6. The van der Waals surface area contributed by atoms with Crippen molar-refractivity contribution in [1.82, 2.24) is 0 Å². The lowest BCUT2D eigenvalue weighted by Crippen LogP contribution is -2.23. The van der Waals surface area contributed by atoms with Crippen molar-refractivity contribution in [2.24, 2.45) is 21.7 Å². The molecule has 0 aliphatic carbocycles. The number of methoxy groups -OCH3 is 4. The molecule has 6 rings (SSSR count). The van der Waals surface area contributed by atoms with Crippen LogP contribution in [0, 0.1) is 49.4 Å². The smallest absolute Gasteiger partial charge is 0.196 e. The second-order valence-corrected chi connectivity index (χ2v) is 32.2. The fourth-order valence-corrected chi connectivity index (χ4v) is 10.8. The Morgan fingerprint density at radius 2 is 0.737 bits per heavy atom. The first kappa shape index (κ1) is 154. The standard InChI is InChI=1S/2C16H26O2.2C14H22O3.C12H24O2.C10H20O2.18CH4/c2*1-8-17-13(4)18-14-9-11(2)15(12(3)10-14)16(5,6)7;2*1-14(2,3)10-17-12-7-6-11(9-15-4)8-13(12)16-5;1-12(2,3)8-6-10-14-11-7-4-5-9-13-11;1-10(2,3)5-4-6-11-7-9-8-12-9;;;;;;;;;;;;;;;;;;/h2*9-10,13H,8H2,1-7H3;2*6-8H,9-10H2,1-5H3;11H,4-10H2,1-3H3;9H,4-8H2,1-3H3;18*1H4. The molecule has 2 aliphatic rings. The zero-order chi connectivity index (χ0) is 73.1. The summed E-state index contributed by atoms with van der Waals surface area (Å²) in [5.74, 6) is 4.84. The Kier molecular flexibility index (Phi) is 104. The van der Waals surface area contributed by atoms with Gasteiger partial charge in [-0.2, -0.15) is 0 Å². The van der Waals surface area contributed by atoms with Gasteiger partial charge in [0.1, 0.15) is 17.6 Å². The van der Waals surface area contributed by atoms with Crippen molar-refractivity contribution in [3.05, 3.63) is 105 Å². The maximum absolute atomic E-state index is 5.76. The fourth-order valence-electron chi connectivity index (χ4n) is 10.8. The second kappa shape index (κ2) is 77.0. The van der Waals surface area contributed by atoms with Crippen molar-refractivity contribution in [2.45, 2.75) is 408 Å². The Hall–Kier alpha value is -4.64. The summed E-state index contributed by atoms with van der Waals surface area (Å²) in [6.45, 7) is 64.4. The number of benzene rings is 4. The maximum atomic E-state index is 5.76. The molecule has 0 radical (unpaired) electrons. The van der Waals surface area contributed by atoms with E-state index in [9.17, 15) is 0 Å². The molecule has 2 aliphatic heterocycles. The number of ether oxygens (including phenoxy) is 14. The average Bonchev–Trinajstić information content (AvgIpc) is 1.15. The van der Waals surface area contributed by atoms with E-state index in [4.69, 9.17) is 66.3 Å². The molecule has 4 unspecified atom stereocenters. The van der Waals surface area contributed by atoms with E-state index in [2.05, 4.69) is 177 Å². The molecule has 4 atom stereocenters. The van der Waals surface area contributed by atoms with Gasteiger partial charge in [-0.15, -0.1) is 0 Å². The van der Waals surface area contributed by atoms with Gasteiger partial charge in [0.05, 0.1) is 53.9 Å². The maximum Gasteiger partial charge on any atom is 0.196 e. The zero-order valence-corrected chi connectivity index (χ0v) is 66.5. The molecule has 14 heteroatoms. The summed E-state index contributed by atoms with van der Waals surface area (Å²) in [6.07, 6.45) is 8.39. The molecule has 2 saturated heterocycles. The van der Waals surface area contributed by atoms with E-state index in [-0.39, 0.29) is 174 Å². The van der Waals surface area contributed by atoms with Crippen LogP contribution in [0.2, 0.25) is 0 Å². The lowest BCUT2D eigenvalue weighted by Gasteiger charge is -2.25. The van der Waals surface area contributed by atoms with Crippen LogP contribution in [0.5, 0.6) is 34.5 Å². The summed E-state index contributed by atoms with van der Waals surface area (Å²) in [6, 6.07) is 20.1. The third-order valence-corrected chi connectivity index (χ3v) is 14.8. The van der Waals surface area contributed by atoms with Crippen molar-refractivity contribution in [1.29, 1.82) is 0 Å². The van der Waals surface area contributed by atoms with Crippen LogP contribution in [-0.2, 0) is 61.9 Å². The zero-order valence-electron chi connectivity index (χ0n) is 66.5. The molecule has 696 valence electrons. The van der Waals surface area contributed by atoms with E-state index in [1.807, 2.05) is 64.1 Å². The van der Waals surface area contributed by atoms with Crippen molar-refractivity contribution in [3.63, 3.8) is 0 Å². The molecule has 2 heterocycles. The number of hydrogen-bond donors (Lipinski definition) is 0. The van der Waals surface area contributed by atoms with Gasteiger partial charge in [-0.05, 0) is 226 Å². The van der Waals surface area contributed by atoms with E-state index < -0.39 is 0 Å². The van der Waals surface area contributed by atoms with Gasteiger partial charge in [-0.3, -0.25) is 0 Å². The molecule has 114 heavy (non-hydrogen) atoms. The van der Waals surface area contributed by atoms with E-state index >= 15 is 0 Å². The summed E-state index contributed by atoms with van der Waals surface area (Å²) in [5.41, 5.74) is 11.5. The average molecular weight is 1640 g/mol. The van der Waals surface area contributed by atoms with E-state index in [0.717, 1.165) is 97.9 Å². The molecule has 4 aromatic rings. The third kappa shape index (κ3) is 72.6. The molecule has 0 bridgehead atoms. The SMILES string of the molecule is C.C.C.C.C.C.C.C.C.C.C.C.C.C.C.C.C.C.CC(C)(C)CCCOC1CCCCO1.CC(C)(C)CCCOCC1CO1.CCOC(C)Oc1cc(C)c(C(C)(C)C)c(C)c1.CCOC(C)Oc1cc(C)c(C(C)(C)C)c(C)c1.COCc1ccc(OCC(C)(C)C)c(OC)c1.COCc1ccc(OCC(C)(C)C)c(OC)c1. The molecule has 14 nitrogen and oxygen atoms in total. The fraction of sp³-hybridized carbons (Fsp3) is 0.760. The van der Waals surface area contributed by atoms with Gasteiger partial charge >= 0.3 is 0 Å². The van der Waals surface area contributed by atoms with Crippen molar-refractivity contribution >= 4 is 0 Å². The van der Waals surface area contributed by atoms with Crippen molar-refractivity contribution in [3.8, 4) is 34.5 Å². The van der Waals surface area contributed by atoms with Crippen LogP contribution < -0.4 is 28.4 Å². The predicted octanol–water partition coefficient (Wildman–Crippen LogP) is 32.3. The lowest BCUT2D eigenvalue weighted by atomic mass is 9.81. The van der Waals surface area contributed by atoms with Gasteiger partial charge in [-0.25, -0.2) is 0 Å². The minimum absolute atomic E-state index is 0. The molecular weight excluding hydrogens is 1430 g/mol. The van der Waals surface area contributed by atoms with Gasteiger partial charge in [0.2, 0.25) is 0 Å². The van der Waals surface area contributed by atoms with Gasteiger partial charge in [0.25, 0.3) is 0 Å². The van der Waals surface area contributed by atoms with Crippen LogP contribution in [0.4, 0.5) is 0 Å². The number of epoxide rings is 1. The molecule has 0 spiro atoms. The van der Waals surface area contributed by atoms with Crippen LogP contribution in [0.3, 0.4) is 0 Å². The number of hydrogen-bond acceptors (Lipinski definition) is 14. The first-order valence-corrected chi connectivity index (χ1v) is 35.4. The third-order valence-electron chi connectivity index (χ3n) is 14.8. The van der Waals surface area contributed by atoms with E-state index in [0.29, 0.717) is 56.6 Å². The first-order valence-electron chi connectivity index (χ1n) is 35.4. The summed E-state index contributed by atoms with van der Waals surface area (Å²) in [7, 11) is 6.65. The van der Waals surface area contributed by atoms with Crippen LogP contribution in [-0.4, -0.2) is 113 Å². The van der Waals surface area contributed by atoms with Crippen molar-refractivity contribution in [2.75, 3.05) is 87.9 Å². The lowest BCUT2D eigenvalue weighted by molar-refractivity contribution is -0.163. The summed E-state index contributed by atoms with van der Waals surface area (Å²) < 4.78 is 76.3. The molecule has 0 aromatic heterocycles. The van der Waals surface area contributed by atoms with Crippen molar-refractivity contribution < 1.29 is 66.3 Å². The highest BCUT2D eigenvalue weighted by atomic mass is 16.7. The Labute approximate surface area is 719 Å². The quantitative estimate of drug-likeness (QED) is 0.0319. The van der Waals surface area contributed by atoms with E-state index in [1.165, 1.54) is 59.1 Å². The largest absolute Gasteiger partial charge is 0.493 e. The van der Waals surface area contributed by atoms with Gasteiger partial charge in [-0.1, -0.05) is 270 Å². The normalized spacial score (nSPS) is 13.0. The Balaban J connectivity index is -0.0000000590. The van der Waals surface area contributed by atoms with Crippen LogP contribution in [0.25, 0.3) is 0 Å². The predicted molar refractivity (Wildman–Crippen MR) is 519 cm³/mol. The highest BCUT2D eigenvalue weighted by Gasteiger charge is 2.24. The Bertz CT molecular complexity index is 2510. The summed E-state index contributed by atoms with van der Waals surface area (Å²) in [5, 5.41) is 0.